The fraction of sp³-hybridized carbons (Fsp3) is 0.394. The van der Waals surface area contributed by atoms with E-state index in [0.717, 1.165) is 16.7 Å². The van der Waals surface area contributed by atoms with Crippen LogP contribution in [0.1, 0.15) is 30.5 Å². The number of carbonyl (C=O) groups excluding carboxylic acids is 2. The number of amides is 1. The van der Waals surface area contributed by atoms with Crippen LogP contribution in [0.25, 0.3) is 0 Å². The molecule has 0 saturated carbocycles. The second-order valence-corrected chi connectivity index (χ2v) is 10.2. The Bertz CT molecular complexity index is 1280. The zero-order chi connectivity index (χ0) is 30.7. The summed E-state index contributed by atoms with van der Waals surface area (Å²) in [6, 6.07) is 26.4. The van der Waals surface area contributed by atoms with E-state index in [-0.39, 0.29) is 33.0 Å². The fourth-order valence-electron chi connectivity index (χ4n) is 4.92. The SMILES string of the molecule is CCOC(=O)C(F)(F)[C@H]1O[C@H](COCc2ccccc2)[C@H](OCc2ccccc2)[C@H](OCc2ccccc2)[C@H]1NC(C)=O. The molecule has 0 aromatic heterocycles. The Morgan fingerprint density at radius 2 is 1.28 bits per heavy atom. The molecule has 4 rings (SSSR count). The smallest absolute Gasteiger partial charge is 0.379 e. The molecule has 0 unspecified atom stereocenters. The lowest BCUT2D eigenvalue weighted by atomic mass is 9.88. The van der Waals surface area contributed by atoms with Gasteiger partial charge in [0.25, 0.3) is 0 Å². The summed E-state index contributed by atoms with van der Waals surface area (Å²) in [5.41, 5.74) is 2.49. The maximum absolute atomic E-state index is 15.8. The number of hydrogen-bond acceptors (Lipinski definition) is 7. The molecule has 5 atom stereocenters. The van der Waals surface area contributed by atoms with Crippen molar-refractivity contribution >= 4 is 11.9 Å². The Morgan fingerprint density at radius 3 is 1.77 bits per heavy atom. The second kappa shape index (κ2) is 15.7. The molecule has 1 saturated heterocycles. The lowest BCUT2D eigenvalue weighted by Gasteiger charge is -2.47. The molecule has 0 spiro atoms. The fourth-order valence-corrected chi connectivity index (χ4v) is 4.92. The molecule has 1 N–H and O–H groups in total. The van der Waals surface area contributed by atoms with Crippen molar-refractivity contribution in [2.24, 2.45) is 0 Å². The topological polar surface area (TPSA) is 92.3 Å². The van der Waals surface area contributed by atoms with Crippen molar-refractivity contribution in [1.82, 2.24) is 5.32 Å². The Morgan fingerprint density at radius 1 is 0.791 bits per heavy atom. The highest BCUT2D eigenvalue weighted by Crippen LogP contribution is 2.36. The first-order valence-corrected chi connectivity index (χ1v) is 14.2. The average molecular weight is 598 g/mol. The first kappa shape index (κ1) is 32.2. The molecular formula is C33H37F2NO7. The molecule has 3 aromatic carbocycles. The Hall–Kier alpha value is -3.70. The summed E-state index contributed by atoms with van der Waals surface area (Å²) in [6.07, 6.45) is -5.34. The van der Waals surface area contributed by atoms with Crippen LogP contribution < -0.4 is 5.32 Å². The lowest BCUT2D eigenvalue weighted by Crippen LogP contribution is -2.70. The van der Waals surface area contributed by atoms with Crippen LogP contribution in [0.15, 0.2) is 91.0 Å². The molecule has 8 nitrogen and oxygen atoms in total. The standard InChI is InChI=1S/C33H37F2NO7/c1-3-40-32(38)33(34,35)31-28(36-23(2)37)30(42-21-26-17-11-6-12-18-26)29(41-20-25-15-9-5-10-16-25)27(43-31)22-39-19-24-13-7-4-8-14-24/h4-18,27-31H,3,19-22H2,1-2H3,(H,36,37)/t27-,28-,29+,30-,31+/m1/s1. The predicted molar refractivity (Wildman–Crippen MR) is 154 cm³/mol. The van der Waals surface area contributed by atoms with Gasteiger partial charge in [-0.15, -0.1) is 0 Å². The molecule has 0 aliphatic carbocycles. The number of benzene rings is 3. The van der Waals surface area contributed by atoms with Crippen molar-refractivity contribution in [2.75, 3.05) is 13.2 Å². The molecule has 1 amide bonds. The zero-order valence-corrected chi connectivity index (χ0v) is 24.2. The third-order valence-corrected chi connectivity index (χ3v) is 6.93. The highest BCUT2D eigenvalue weighted by Gasteiger charge is 2.61. The molecule has 10 heteroatoms. The highest BCUT2D eigenvalue weighted by molar-refractivity contribution is 5.79. The quantitative estimate of drug-likeness (QED) is 0.266. The molecule has 230 valence electrons. The Labute approximate surface area is 250 Å². The van der Waals surface area contributed by atoms with E-state index < -0.39 is 48.3 Å². The van der Waals surface area contributed by atoms with Gasteiger partial charge in [-0.1, -0.05) is 91.0 Å². The molecule has 43 heavy (non-hydrogen) atoms. The van der Waals surface area contributed by atoms with Gasteiger partial charge in [0.15, 0.2) is 6.10 Å². The minimum atomic E-state index is -4.13. The van der Waals surface area contributed by atoms with Crippen molar-refractivity contribution in [2.45, 2.75) is 70.0 Å². The summed E-state index contributed by atoms with van der Waals surface area (Å²) in [7, 11) is 0. The largest absolute Gasteiger partial charge is 0.461 e. The molecule has 1 aliphatic rings. The minimum absolute atomic E-state index is 0.0298. The van der Waals surface area contributed by atoms with Gasteiger partial charge >= 0.3 is 11.9 Å². The maximum Gasteiger partial charge on any atom is 0.379 e. The number of alkyl halides is 2. The van der Waals surface area contributed by atoms with E-state index in [9.17, 15) is 9.59 Å². The van der Waals surface area contributed by atoms with Gasteiger partial charge in [0, 0.05) is 6.92 Å². The summed E-state index contributed by atoms with van der Waals surface area (Å²) in [6.45, 7) is 2.55. The Balaban J connectivity index is 1.69. The van der Waals surface area contributed by atoms with Gasteiger partial charge < -0.3 is 29.0 Å². The van der Waals surface area contributed by atoms with Crippen LogP contribution in [0.4, 0.5) is 8.78 Å². The molecule has 0 radical (unpaired) electrons. The Kier molecular flexibility index (Phi) is 11.7. The molecule has 1 aliphatic heterocycles. The van der Waals surface area contributed by atoms with Gasteiger partial charge in [0.1, 0.15) is 18.3 Å². The molecule has 0 bridgehead atoms. The molecular weight excluding hydrogens is 560 g/mol. The van der Waals surface area contributed by atoms with E-state index in [1.54, 1.807) is 0 Å². The summed E-state index contributed by atoms with van der Waals surface area (Å²) in [5, 5.41) is 2.55. The number of rotatable bonds is 14. The summed E-state index contributed by atoms with van der Waals surface area (Å²) < 4.78 is 60.7. The van der Waals surface area contributed by atoms with E-state index in [2.05, 4.69) is 5.32 Å². The molecule has 3 aromatic rings. The lowest BCUT2D eigenvalue weighted by molar-refractivity contribution is -0.273. The van der Waals surface area contributed by atoms with Gasteiger partial charge in [-0.25, -0.2) is 4.79 Å². The van der Waals surface area contributed by atoms with E-state index in [4.69, 9.17) is 23.7 Å². The van der Waals surface area contributed by atoms with E-state index in [1.165, 1.54) is 13.8 Å². The van der Waals surface area contributed by atoms with Crippen molar-refractivity contribution in [3.05, 3.63) is 108 Å². The third-order valence-electron chi connectivity index (χ3n) is 6.93. The van der Waals surface area contributed by atoms with Crippen LogP contribution in [0.2, 0.25) is 0 Å². The first-order valence-electron chi connectivity index (χ1n) is 14.2. The monoisotopic (exact) mass is 597 g/mol. The zero-order valence-electron chi connectivity index (χ0n) is 24.2. The number of carbonyl (C=O) groups is 2. The average Bonchev–Trinajstić information content (AvgIpc) is 3.01. The van der Waals surface area contributed by atoms with Crippen molar-refractivity contribution in [3.8, 4) is 0 Å². The van der Waals surface area contributed by atoms with Crippen LogP contribution in [-0.4, -0.2) is 61.5 Å². The van der Waals surface area contributed by atoms with Crippen LogP contribution in [-0.2, 0) is 53.1 Å². The summed E-state index contributed by atoms with van der Waals surface area (Å²) >= 11 is 0. The summed E-state index contributed by atoms with van der Waals surface area (Å²) in [5.74, 6) is -6.49. The number of halogens is 2. The van der Waals surface area contributed by atoms with Crippen molar-refractivity contribution in [3.63, 3.8) is 0 Å². The third kappa shape index (κ3) is 8.90. The van der Waals surface area contributed by atoms with E-state index in [1.807, 2.05) is 91.0 Å². The number of nitrogens with one attached hydrogen (secondary N) is 1. The van der Waals surface area contributed by atoms with Gasteiger partial charge in [-0.3, -0.25) is 4.79 Å². The summed E-state index contributed by atoms with van der Waals surface area (Å²) in [4.78, 5) is 24.9. The molecule has 1 heterocycles. The van der Waals surface area contributed by atoms with Crippen molar-refractivity contribution < 1.29 is 42.1 Å². The van der Waals surface area contributed by atoms with Gasteiger partial charge in [-0.05, 0) is 23.6 Å². The van der Waals surface area contributed by atoms with E-state index >= 15 is 8.78 Å². The van der Waals surface area contributed by atoms with Crippen molar-refractivity contribution in [1.29, 1.82) is 0 Å². The van der Waals surface area contributed by atoms with Crippen LogP contribution in [0.3, 0.4) is 0 Å². The number of hydrogen-bond donors (Lipinski definition) is 1. The van der Waals surface area contributed by atoms with Crippen LogP contribution in [0.5, 0.6) is 0 Å². The second-order valence-electron chi connectivity index (χ2n) is 10.2. The van der Waals surface area contributed by atoms with E-state index in [0.29, 0.717) is 0 Å². The molecule has 1 fully saturated rings. The predicted octanol–water partition coefficient (Wildman–Crippen LogP) is 4.84. The first-order chi connectivity index (χ1) is 20.8. The van der Waals surface area contributed by atoms with Crippen LogP contribution in [0, 0.1) is 0 Å². The minimum Gasteiger partial charge on any atom is -0.461 e. The van der Waals surface area contributed by atoms with Crippen LogP contribution >= 0.6 is 0 Å². The maximum atomic E-state index is 15.8. The van der Waals surface area contributed by atoms with Gasteiger partial charge in [0.05, 0.1) is 39.1 Å². The normalized spacial score (nSPS) is 22.1. The number of ether oxygens (including phenoxy) is 5. The van der Waals surface area contributed by atoms with Gasteiger partial charge in [0.2, 0.25) is 5.91 Å². The highest BCUT2D eigenvalue weighted by atomic mass is 19.3. The number of esters is 1. The van der Waals surface area contributed by atoms with Gasteiger partial charge in [-0.2, -0.15) is 8.78 Å².